The summed E-state index contributed by atoms with van der Waals surface area (Å²) >= 11 is 0. The lowest BCUT2D eigenvalue weighted by molar-refractivity contribution is -0.161. The number of aliphatic hydroxyl groups excluding tert-OH is 1. The molecule has 5 nitrogen and oxygen atoms in total. The molecule has 0 heterocycles. The highest BCUT2D eigenvalue weighted by molar-refractivity contribution is 5.70. The van der Waals surface area contributed by atoms with Crippen LogP contribution >= 0.6 is 0 Å². The number of aliphatic hydroxyl groups is 1. The number of ether oxygens (including phenoxy) is 2. The van der Waals surface area contributed by atoms with Crippen molar-refractivity contribution >= 4 is 11.9 Å². The summed E-state index contributed by atoms with van der Waals surface area (Å²) in [6.07, 6.45) is 13.4. The topological polar surface area (TPSA) is 72.8 Å². The molecule has 0 aromatic rings. The molecular weight excluding hydrogens is 332 g/mol. The molecule has 0 rings (SSSR count). The van der Waals surface area contributed by atoms with Crippen LogP contribution in [0, 0.1) is 0 Å². The number of carbonyl (C=O) groups is 2. The molecule has 0 saturated heterocycles. The Hall–Kier alpha value is -1.10. The van der Waals surface area contributed by atoms with Crippen LogP contribution in [0.15, 0.2) is 0 Å². The minimum Gasteiger partial charge on any atom is -0.462 e. The van der Waals surface area contributed by atoms with Crippen molar-refractivity contribution < 1.29 is 24.2 Å². The molecule has 0 aliphatic heterocycles. The van der Waals surface area contributed by atoms with Gasteiger partial charge in [0.2, 0.25) is 0 Å². The minimum absolute atomic E-state index is 0.0632. The van der Waals surface area contributed by atoms with Crippen LogP contribution < -0.4 is 0 Å². The molecule has 0 aliphatic rings. The standard InChI is InChI=1S/C21H40O5/c1-3-5-7-9-10-11-12-14-16-21(24)26-19(17-22)18-25-20(23)15-13-8-6-4-2/h19,22H,3-18H2,1-2H3/t19-/m0/s1. The van der Waals surface area contributed by atoms with Gasteiger partial charge in [-0.05, 0) is 12.8 Å². The Kier molecular flexibility index (Phi) is 17.9. The number of hydrogen-bond acceptors (Lipinski definition) is 5. The smallest absolute Gasteiger partial charge is 0.306 e. The van der Waals surface area contributed by atoms with Gasteiger partial charge in [0.15, 0.2) is 6.10 Å². The zero-order valence-electron chi connectivity index (χ0n) is 17.0. The highest BCUT2D eigenvalue weighted by atomic mass is 16.6. The number of hydrogen-bond donors (Lipinski definition) is 1. The summed E-state index contributed by atoms with van der Waals surface area (Å²) in [6.45, 7) is 3.94. The molecule has 1 atom stereocenters. The molecule has 0 aromatic carbocycles. The summed E-state index contributed by atoms with van der Waals surface area (Å²) in [6, 6.07) is 0. The van der Waals surface area contributed by atoms with Gasteiger partial charge in [-0.3, -0.25) is 9.59 Å². The Morgan fingerprint density at radius 2 is 1.19 bits per heavy atom. The molecule has 0 bridgehead atoms. The Morgan fingerprint density at radius 1 is 0.731 bits per heavy atom. The molecule has 0 amide bonds. The van der Waals surface area contributed by atoms with Crippen molar-refractivity contribution in [3.05, 3.63) is 0 Å². The van der Waals surface area contributed by atoms with Crippen molar-refractivity contribution in [3.63, 3.8) is 0 Å². The van der Waals surface area contributed by atoms with Crippen molar-refractivity contribution in [2.45, 2.75) is 110 Å². The van der Waals surface area contributed by atoms with Gasteiger partial charge >= 0.3 is 11.9 Å². The maximum absolute atomic E-state index is 11.8. The summed E-state index contributed by atoms with van der Waals surface area (Å²) in [5.74, 6) is -0.618. The Labute approximate surface area is 159 Å². The average Bonchev–Trinajstić information content (AvgIpc) is 2.64. The number of unbranched alkanes of at least 4 members (excludes halogenated alkanes) is 10. The lowest BCUT2D eigenvalue weighted by atomic mass is 10.1. The number of carbonyl (C=O) groups excluding carboxylic acids is 2. The molecule has 0 unspecified atom stereocenters. The van der Waals surface area contributed by atoms with E-state index in [1.54, 1.807) is 0 Å². The van der Waals surface area contributed by atoms with Crippen LogP contribution in [0.4, 0.5) is 0 Å². The van der Waals surface area contributed by atoms with Gasteiger partial charge in [0, 0.05) is 12.8 Å². The Balaban J connectivity index is 3.67. The molecule has 0 saturated carbocycles. The van der Waals surface area contributed by atoms with Gasteiger partial charge in [0.25, 0.3) is 0 Å². The maximum Gasteiger partial charge on any atom is 0.306 e. The van der Waals surface area contributed by atoms with E-state index in [-0.39, 0.29) is 25.2 Å². The normalized spacial score (nSPS) is 12.0. The minimum atomic E-state index is -0.754. The Morgan fingerprint density at radius 3 is 1.73 bits per heavy atom. The monoisotopic (exact) mass is 372 g/mol. The van der Waals surface area contributed by atoms with Crippen molar-refractivity contribution in [2.75, 3.05) is 13.2 Å². The second kappa shape index (κ2) is 18.7. The fraction of sp³-hybridized carbons (Fsp3) is 0.905. The first-order valence-electron chi connectivity index (χ1n) is 10.6. The van der Waals surface area contributed by atoms with E-state index >= 15 is 0 Å². The molecule has 0 aliphatic carbocycles. The van der Waals surface area contributed by atoms with E-state index in [1.165, 1.54) is 32.1 Å². The van der Waals surface area contributed by atoms with Crippen LogP contribution in [0.25, 0.3) is 0 Å². The van der Waals surface area contributed by atoms with E-state index in [2.05, 4.69) is 13.8 Å². The van der Waals surface area contributed by atoms with Crippen LogP contribution in [0.3, 0.4) is 0 Å². The molecule has 0 radical (unpaired) electrons. The first-order chi connectivity index (χ1) is 12.6. The second-order valence-corrected chi connectivity index (χ2v) is 7.01. The molecular formula is C21H40O5. The van der Waals surface area contributed by atoms with Crippen LogP contribution in [0.5, 0.6) is 0 Å². The largest absolute Gasteiger partial charge is 0.462 e. The van der Waals surface area contributed by atoms with E-state index in [1.807, 2.05) is 0 Å². The molecule has 5 heteroatoms. The fourth-order valence-corrected chi connectivity index (χ4v) is 2.73. The second-order valence-electron chi connectivity index (χ2n) is 7.01. The van der Waals surface area contributed by atoms with E-state index in [0.29, 0.717) is 12.8 Å². The SMILES string of the molecule is CCCCCCCCCCC(=O)O[C@@H](CO)COC(=O)CCCCCC. The van der Waals surface area contributed by atoms with Crippen molar-refractivity contribution in [1.82, 2.24) is 0 Å². The lowest BCUT2D eigenvalue weighted by Crippen LogP contribution is -2.28. The predicted octanol–water partition coefficient (Wildman–Crippen LogP) is 4.93. The summed E-state index contributed by atoms with van der Waals surface area (Å²) in [4.78, 5) is 23.4. The predicted molar refractivity (Wildman–Crippen MR) is 104 cm³/mol. The van der Waals surface area contributed by atoms with Crippen LogP contribution in [0.2, 0.25) is 0 Å². The zero-order valence-corrected chi connectivity index (χ0v) is 17.0. The van der Waals surface area contributed by atoms with Crippen molar-refractivity contribution in [1.29, 1.82) is 0 Å². The summed E-state index contributed by atoms with van der Waals surface area (Å²) in [5, 5.41) is 9.28. The molecule has 154 valence electrons. The number of rotatable bonds is 18. The Bertz CT molecular complexity index is 343. The van der Waals surface area contributed by atoms with Gasteiger partial charge in [-0.25, -0.2) is 0 Å². The van der Waals surface area contributed by atoms with Crippen molar-refractivity contribution in [2.24, 2.45) is 0 Å². The number of esters is 2. The van der Waals surface area contributed by atoms with Gasteiger partial charge in [-0.2, -0.15) is 0 Å². The van der Waals surface area contributed by atoms with E-state index in [9.17, 15) is 14.7 Å². The van der Waals surface area contributed by atoms with E-state index in [4.69, 9.17) is 9.47 Å². The first kappa shape index (κ1) is 24.9. The van der Waals surface area contributed by atoms with Crippen LogP contribution in [0.1, 0.15) is 104 Å². The van der Waals surface area contributed by atoms with Gasteiger partial charge < -0.3 is 14.6 Å². The highest BCUT2D eigenvalue weighted by Gasteiger charge is 2.15. The van der Waals surface area contributed by atoms with Gasteiger partial charge in [-0.1, -0.05) is 78.1 Å². The van der Waals surface area contributed by atoms with Gasteiger partial charge in [-0.15, -0.1) is 0 Å². The van der Waals surface area contributed by atoms with E-state index in [0.717, 1.165) is 44.9 Å². The molecule has 0 fully saturated rings. The van der Waals surface area contributed by atoms with Crippen LogP contribution in [-0.2, 0) is 19.1 Å². The summed E-state index contributed by atoms with van der Waals surface area (Å²) in [7, 11) is 0. The molecule has 26 heavy (non-hydrogen) atoms. The van der Waals surface area contributed by atoms with Gasteiger partial charge in [0.1, 0.15) is 6.61 Å². The van der Waals surface area contributed by atoms with Crippen molar-refractivity contribution in [3.8, 4) is 0 Å². The maximum atomic E-state index is 11.8. The summed E-state index contributed by atoms with van der Waals surface area (Å²) in [5.41, 5.74) is 0. The average molecular weight is 373 g/mol. The quantitative estimate of drug-likeness (QED) is 0.273. The highest BCUT2D eigenvalue weighted by Crippen LogP contribution is 2.10. The lowest BCUT2D eigenvalue weighted by Gasteiger charge is -2.15. The van der Waals surface area contributed by atoms with Gasteiger partial charge in [0.05, 0.1) is 6.61 Å². The van der Waals surface area contributed by atoms with Crippen LogP contribution in [-0.4, -0.2) is 36.4 Å². The van der Waals surface area contributed by atoms with E-state index < -0.39 is 6.10 Å². The third-order valence-electron chi connectivity index (χ3n) is 4.40. The summed E-state index contributed by atoms with van der Waals surface area (Å²) < 4.78 is 10.3. The third kappa shape index (κ3) is 16.4. The molecule has 0 aromatic heterocycles. The first-order valence-corrected chi connectivity index (χ1v) is 10.6. The third-order valence-corrected chi connectivity index (χ3v) is 4.40. The molecule has 1 N–H and O–H groups in total. The zero-order chi connectivity index (χ0) is 19.5. The molecule has 0 spiro atoms. The fourth-order valence-electron chi connectivity index (χ4n) is 2.73.